The van der Waals surface area contributed by atoms with Gasteiger partial charge >= 0.3 is 5.97 Å². The molecule has 0 saturated carbocycles. The van der Waals surface area contributed by atoms with Gasteiger partial charge in [-0.15, -0.1) is 0 Å². The van der Waals surface area contributed by atoms with E-state index in [1.165, 1.54) is 5.69 Å². The predicted octanol–water partition coefficient (Wildman–Crippen LogP) is 4.15. The minimum Gasteiger partial charge on any atom is -0.460 e. The fourth-order valence-corrected chi connectivity index (χ4v) is 2.26. The summed E-state index contributed by atoms with van der Waals surface area (Å²) in [6, 6.07) is 19.4. The van der Waals surface area contributed by atoms with Gasteiger partial charge in [0.05, 0.1) is 12.1 Å². The van der Waals surface area contributed by atoms with Gasteiger partial charge in [0.2, 0.25) is 0 Å². The van der Waals surface area contributed by atoms with Crippen molar-refractivity contribution in [3.63, 3.8) is 0 Å². The Labute approximate surface area is 132 Å². The van der Waals surface area contributed by atoms with Crippen molar-refractivity contribution in [2.75, 3.05) is 24.6 Å². The van der Waals surface area contributed by atoms with Crippen LogP contribution < -0.4 is 4.90 Å². The molecular weight excluding hydrogens is 274 g/mol. The summed E-state index contributed by atoms with van der Waals surface area (Å²) >= 11 is 0. The summed E-state index contributed by atoms with van der Waals surface area (Å²) in [5.41, 5.74) is 1.77. The average Bonchev–Trinajstić information content (AvgIpc) is 2.59. The van der Waals surface area contributed by atoms with E-state index in [0.29, 0.717) is 18.7 Å². The second-order valence-corrected chi connectivity index (χ2v) is 5.18. The Morgan fingerprint density at radius 1 is 0.955 bits per heavy atom. The Hall–Kier alpha value is -2.29. The second-order valence-electron chi connectivity index (χ2n) is 5.18. The van der Waals surface area contributed by atoms with E-state index in [0.717, 1.165) is 19.4 Å². The van der Waals surface area contributed by atoms with Crippen LogP contribution in [0.3, 0.4) is 0 Å². The Morgan fingerprint density at radius 2 is 1.59 bits per heavy atom. The molecule has 2 rings (SSSR count). The summed E-state index contributed by atoms with van der Waals surface area (Å²) in [7, 11) is 0. The lowest BCUT2D eigenvalue weighted by atomic mass is 10.2. The number of para-hydroxylation sites is 1. The predicted molar refractivity (Wildman–Crippen MR) is 90.3 cm³/mol. The van der Waals surface area contributed by atoms with E-state index in [-0.39, 0.29) is 5.97 Å². The summed E-state index contributed by atoms with van der Waals surface area (Å²) < 4.78 is 5.38. The molecule has 0 bridgehead atoms. The molecule has 0 saturated heterocycles. The van der Waals surface area contributed by atoms with Crippen molar-refractivity contribution in [1.82, 2.24) is 0 Å². The maximum atomic E-state index is 11.9. The number of carbonyl (C=O) groups excluding carboxylic acids is 1. The molecule has 0 spiro atoms. The number of carbonyl (C=O) groups is 1. The molecule has 0 fully saturated rings. The zero-order valence-electron chi connectivity index (χ0n) is 13.1. The first-order valence-corrected chi connectivity index (χ1v) is 7.83. The molecule has 0 aliphatic carbocycles. The van der Waals surface area contributed by atoms with Crippen LogP contribution in [-0.4, -0.2) is 25.7 Å². The van der Waals surface area contributed by atoms with Crippen LogP contribution in [-0.2, 0) is 4.74 Å². The molecule has 0 unspecified atom stereocenters. The van der Waals surface area contributed by atoms with Crippen LogP contribution in [0.1, 0.15) is 30.1 Å². The molecule has 0 radical (unpaired) electrons. The number of benzene rings is 2. The highest BCUT2D eigenvalue weighted by Crippen LogP contribution is 2.14. The summed E-state index contributed by atoms with van der Waals surface area (Å²) in [6.07, 6.45) is 2.27. The van der Waals surface area contributed by atoms with Crippen molar-refractivity contribution < 1.29 is 9.53 Å². The molecule has 3 heteroatoms. The van der Waals surface area contributed by atoms with Gasteiger partial charge in [0.25, 0.3) is 0 Å². The quantitative estimate of drug-likeness (QED) is 0.686. The normalized spacial score (nSPS) is 10.2. The van der Waals surface area contributed by atoms with Crippen molar-refractivity contribution in [2.45, 2.75) is 19.8 Å². The highest BCUT2D eigenvalue weighted by Gasteiger charge is 2.09. The Kier molecular flexibility index (Phi) is 6.49. The molecule has 116 valence electrons. The van der Waals surface area contributed by atoms with E-state index in [1.807, 2.05) is 36.4 Å². The van der Waals surface area contributed by atoms with Gasteiger partial charge in [-0.2, -0.15) is 0 Å². The van der Waals surface area contributed by atoms with E-state index < -0.39 is 0 Å². The van der Waals surface area contributed by atoms with Crippen molar-refractivity contribution in [3.8, 4) is 0 Å². The number of nitrogens with zero attached hydrogens (tertiary/aromatic N) is 1. The van der Waals surface area contributed by atoms with Gasteiger partial charge in [0, 0.05) is 12.2 Å². The fraction of sp³-hybridized carbons (Fsp3) is 0.316. The lowest BCUT2D eigenvalue weighted by Gasteiger charge is -2.24. The first-order chi connectivity index (χ1) is 10.8. The Balaban J connectivity index is 1.87. The fourth-order valence-electron chi connectivity index (χ4n) is 2.26. The highest BCUT2D eigenvalue weighted by molar-refractivity contribution is 5.89. The van der Waals surface area contributed by atoms with Gasteiger partial charge in [-0.05, 0) is 30.7 Å². The lowest BCUT2D eigenvalue weighted by Crippen LogP contribution is -2.29. The molecule has 2 aromatic carbocycles. The first-order valence-electron chi connectivity index (χ1n) is 7.83. The van der Waals surface area contributed by atoms with Crippen LogP contribution >= 0.6 is 0 Å². The molecule has 22 heavy (non-hydrogen) atoms. The highest BCUT2D eigenvalue weighted by atomic mass is 16.5. The minimum absolute atomic E-state index is 0.260. The number of hydrogen-bond donors (Lipinski definition) is 0. The van der Waals surface area contributed by atoms with Crippen molar-refractivity contribution >= 4 is 11.7 Å². The molecule has 0 amide bonds. The molecule has 0 aliphatic rings. The van der Waals surface area contributed by atoms with Crippen LogP contribution in [0.25, 0.3) is 0 Å². The topological polar surface area (TPSA) is 29.5 Å². The van der Waals surface area contributed by atoms with Crippen LogP contribution in [0.5, 0.6) is 0 Å². The van der Waals surface area contributed by atoms with Gasteiger partial charge in [-0.25, -0.2) is 4.79 Å². The number of esters is 1. The molecule has 0 atom stereocenters. The summed E-state index contributed by atoms with van der Waals surface area (Å²) in [6.45, 7) is 4.26. The molecule has 3 nitrogen and oxygen atoms in total. The summed E-state index contributed by atoms with van der Waals surface area (Å²) in [4.78, 5) is 14.2. The Bertz CT molecular complexity index is 554. The number of rotatable bonds is 8. The monoisotopic (exact) mass is 297 g/mol. The number of ether oxygens (including phenoxy) is 1. The second kappa shape index (κ2) is 8.88. The minimum atomic E-state index is -0.260. The first kappa shape index (κ1) is 16.1. The Morgan fingerprint density at radius 3 is 2.23 bits per heavy atom. The standard InChI is InChI=1S/C19H23NO2/c1-2-3-14-20(18-12-8-5-9-13-18)15-16-22-19(21)17-10-6-4-7-11-17/h4-13H,2-3,14-16H2,1H3. The maximum absolute atomic E-state index is 11.9. The van der Waals surface area contributed by atoms with Gasteiger partial charge in [0.15, 0.2) is 0 Å². The lowest BCUT2D eigenvalue weighted by molar-refractivity contribution is 0.0515. The molecule has 0 N–H and O–H groups in total. The third kappa shape index (κ3) is 4.92. The van der Waals surface area contributed by atoms with Gasteiger partial charge in [-0.3, -0.25) is 0 Å². The molecular formula is C19H23NO2. The van der Waals surface area contributed by atoms with Crippen LogP contribution in [0.2, 0.25) is 0 Å². The van der Waals surface area contributed by atoms with E-state index in [2.05, 4.69) is 24.0 Å². The van der Waals surface area contributed by atoms with E-state index in [1.54, 1.807) is 12.1 Å². The van der Waals surface area contributed by atoms with E-state index >= 15 is 0 Å². The smallest absolute Gasteiger partial charge is 0.338 e. The third-order valence-electron chi connectivity index (χ3n) is 3.51. The molecule has 0 aromatic heterocycles. The largest absolute Gasteiger partial charge is 0.460 e. The van der Waals surface area contributed by atoms with Crippen LogP contribution in [0, 0.1) is 0 Å². The van der Waals surface area contributed by atoms with Crippen molar-refractivity contribution in [3.05, 3.63) is 66.2 Å². The van der Waals surface area contributed by atoms with E-state index in [4.69, 9.17) is 4.74 Å². The molecule has 2 aromatic rings. The average molecular weight is 297 g/mol. The zero-order chi connectivity index (χ0) is 15.6. The number of anilines is 1. The van der Waals surface area contributed by atoms with Crippen LogP contribution in [0.15, 0.2) is 60.7 Å². The van der Waals surface area contributed by atoms with Gasteiger partial charge in [-0.1, -0.05) is 49.7 Å². The number of hydrogen-bond acceptors (Lipinski definition) is 3. The summed E-state index contributed by atoms with van der Waals surface area (Å²) in [5, 5.41) is 0. The maximum Gasteiger partial charge on any atom is 0.338 e. The zero-order valence-corrected chi connectivity index (χ0v) is 13.1. The summed E-state index contributed by atoms with van der Waals surface area (Å²) in [5.74, 6) is -0.260. The van der Waals surface area contributed by atoms with Crippen molar-refractivity contribution in [2.24, 2.45) is 0 Å². The van der Waals surface area contributed by atoms with Gasteiger partial charge < -0.3 is 9.64 Å². The SMILES string of the molecule is CCCCN(CCOC(=O)c1ccccc1)c1ccccc1. The van der Waals surface area contributed by atoms with Crippen LogP contribution in [0.4, 0.5) is 5.69 Å². The molecule has 0 heterocycles. The van der Waals surface area contributed by atoms with Crippen molar-refractivity contribution in [1.29, 1.82) is 0 Å². The molecule has 0 aliphatic heterocycles. The third-order valence-corrected chi connectivity index (χ3v) is 3.51. The van der Waals surface area contributed by atoms with E-state index in [9.17, 15) is 4.79 Å². The van der Waals surface area contributed by atoms with Gasteiger partial charge in [0.1, 0.15) is 6.61 Å². The number of unbranched alkanes of at least 4 members (excludes halogenated alkanes) is 1.